The van der Waals surface area contributed by atoms with Crippen LogP contribution in [0.25, 0.3) is 165 Å². The van der Waals surface area contributed by atoms with Crippen molar-refractivity contribution >= 4 is 86.7 Å². The molecule has 0 bridgehead atoms. The van der Waals surface area contributed by atoms with Gasteiger partial charge in [0.1, 0.15) is 0 Å². The summed E-state index contributed by atoms with van der Waals surface area (Å²) in [5.41, 5.74) is 22.3. The Morgan fingerprint density at radius 2 is 0.667 bits per heavy atom. The smallest absolute Gasteiger partial charge is 0.0625 e. The quantitative estimate of drug-likeness (QED) is 0.167. The molecule has 2 nitrogen and oxygen atoms in total. The minimum atomic E-state index is 1.15. The third-order valence-corrected chi connectivity index (χ3v) is 16.3. The van der Waals surface area contributed by atoms with E-state index in [4.69, 9.17) is 0 Å². The van der Waals surface area contributed by atoms with Crippen LogP contribution in [0, 0.1) is 0 Å². The van der Waals surface area contributed by atoms with Crippen LogP contribution in [0.3, 0.4) is 0 Å². The van der Waals surface area contributed by atoms with E-state index < -0.39 is 0 Å². The number of rotatable bonds is 4. The third-order valence-electron chi connectivity index (χ3n) is 16.3. The SMILES string of the molecule is c1ccc(-c2cccc(-n3c4ccc5cccc6c5c4c4c(cc5ccccc5c43)-c3ccc(-c4ccc(-n5c7ccc8cccc9c8c7c7c(cc8ccccc8c75)-c5ccccc5-9)cc4)cc3-6)c2)cc1. The van der Waals surface area contributed by atoms with E-state index in [1.807, 2.05) is 0 Å². The lowest BCUT2D eigenvalue weighted by molar-refractivity contribution is 1.19. The summed E-state index contributed by atoms with van der Waals surface area (Å²) in [6, 6.07) is 91.1. The van der Waals surface area contributed by atoms with E-state index in [1.54, 1.807) is 0 Å². The Morgan fingerprint density at radius 3 is 1.32 bits per heavy atom. The lowest BCUT2D eigenvalue weighted by Gasteiger charge is -2.17. The highest BCUT2D eigenvalue weighted by Gasteiger charge is 2.29. The zero-order valence-electron chi connectivity index (χ0n) is 39.0. The molecule has 0 unspecified atom stereocenters. The van der Waals surface area contributed by atoms with Gasteiger partial charge in [0.05, 0.1) is 22.1 Å². The van der Waals surface area contributed by atoms with Crippen LogP contribution in [-0.4, -0.2) is 9.13 Å². The molecule has 2 aliphatic rings. The summed E-state index contributed by atoms with van der Waals surface area (Å²) < 4.78 is 5.07. The maximum Gasteiger partial charge on any atom is 0.0625 e. The molecule has 72 heavy (non-hydrogen) atoms. The Labute approximate surface area is 414 Å². The van der Waals surface area contributed by atoms with Gasteiger partial charge in [-0.15, -0.1) is 0 Å². The predicted molar refractivity (Wildman–Crippen MR) is 305 cm³/mol. The Hall–Kier alpha value is -9.50. The highest BCUT2D eigenvalue weighted by molar-refractivity contribution is 6.36. The molecule has 2 heteroatoms. The van der Waals surface area contributed by atoms with Gasteiger partial charge in [0.15, 0.2) is 0 Å². The molecule has 13 aromatic carbocycles. The summed E-state index contributed by atoms with van der Waals surface area (Å²) in [4.78, 5) is 0. The minimum Gasteiger partial charge on any atom is -0.309 e. The fourth-order valence-corrected chi connectivity index (χ4v) is 13.3. The van der Waals surface area contributed by atoms with Crippen molar-refractivity contribution in [2.45, 2.75) is 0 Å². The van der Waals surface area contributed by atoms with Gasteiger partial charge in [0, 0.05) is 43.7 Å². The second-order valence-corrected chi connectivity index (χ2v) is 19.9. The van der Waals surface area contributed by atoms with E-state index in [-0.39, 0.29) is 0 Å². The number of hydrogen-bond donors (Lipinski definition) is 0. The molecule has 15 aromatic rings. The molecule has 2 aromatic heterocycles. The summed E-state index contributed by atoms with van der Waals surface area (Å²) in [6.45, 7) is 0. The van der Waals surface area contributed by atoms with Crippen LogP contribution in [-0.2, 0) is 0 Å². The number of benzene rings is 13. The minimum absolute atomic E-state index is 1.15. The standard InChI is InChI=1S/C70H40N2/c1-2-13-41(14-3-1)45-19-10-20-50(37-45)72-62-36-31-44-18-12-26-57-58-38-46(29-34-55(58)60-40-48-16-5-7-22-52(48)70(72)66(60)68(62)64(44)57)42-27-32-49(33-28-42)71-61-35-30-43-17-11-25-56-53-23-8-9-24-54(53)59-39-47-15-4-6-21-51(47)69(71)65(59)67(61)63(43)56/h1-40H. The summed E-state index contributed by atoms with van der Waals surface area (Å²) in [6.07, 6.45) is 0. The highest BCUT2D eigenvalue weighted by Crippen LogP contribution is 2.54. The molecule has 0 saturated heterocycles. The Kier molecular flexibility index (Phi) is 7.49. The van der Waals surface area contributed by atoms with Crippen molar-refractivity contribution < 1.29 is 0 Å². The van der Waals surface area contributed by atoms with Crippen LogP contribution in [0.4, 0.5) is 0 Å². The molecule has 330 valence electrons. The van der Waals surface area contributed by atoms with E-state index in [1.165, 1.54) is 153 Å². The van der Waals surface area contributed by atoms with E-state index in [9.17, 15) is 0 Å². The van der Waals surface area contributed by atoms with Gasteiger partial charge in [-0.05, 0) is 154 Å². The number of nitrogens with zero attached hydrogens (tertiary/aromatic N) is 2. The van der Waals surface area contributed by atoms with Gasteiger partial charge in [0.25, 0.3) is 0 Å². The van der Waals surface area contributed by atoms with Crippen LogP contribution in [0.5, 0.6) is 0 Å². The van der Waals surface area contributed by atoms with Crippen LogP contribution < -0.4 is 0 Å². The number of aromatic nitrogens is 2. The van der Waals surface area contributed by atoms with E-state index >= 15 is 0 Å². The molecule has 0 radical (unpaired) electrons. The zero-order chi connectivity index (χ0) is 46.8. The van der Waals surface area contributed by atoms with Crippen molar-refractivity contribution in [2.24, 2.45) is 0 Å². The highest BCUT2D eigenvalue weighted by atomic mass is 15.0. The number of fused-ring (bicyclic) bond motifs is 10. The van der Waals surface area contributed by atoms with Crippen molar-refractivity contribution in [3.05, 3.63) is 243 Å². The van der Waals surface area contributed by atoms with E-state index in [0.717, 1.165) is 11.4 Å². The Bertz CT molecular complexity index is 4890. The molecule has 2 heterocycles. The van der Waals surface area contributed by atoms with Crippen molar-refractivity contribution in [1.82, 2.24) is 9.13 Å². The molecular formula is C70H40N2. The Morgan fingerprint density at radius 1 is 0.208 bits per heavy atom. The molecule has 0 N–H and O–H groups in total. The van der Waals surface area contributed by atoms with Gasteiger partial charge >= 0.3 is 0 Å². The third kappa shape index (κ3) is 5.02. The number of hydrogen-bond acceptors (Lipinski definition) is 0. The average Bonchev–Trinajstić information content (AvgIpc) is 3.92. The van der Waals surface area contributed by atoms with Gasteiger partial charge in [-0.1, -0.05) is 188 Å². The van der Waals surface area contributed by atoms with Crippen LogP contribution in [0.2, 0.25) is 0 Å². The fourth-order valence-electron chi connectivity index (χ4n) is 13.3. The van der Waals surface area contributed by atoms with Crippen LogP contribution in [0.1, 0.15) is 0 Å². The van der Waals surface area contributed by atoms with E-state index in [0.29, 0.717) is 0 Å². The van der Waals surface area contributed by atoms with Crippen molar-refractivity contribution in [3.63, 3.8) is 0 Å². The second-order valence-electron chi connectivity index (χ2n) is 19.9. The van der Waals surface area contributed by atoms with Gasteiger partial charge in [-0.2, -0.15) is 0 Å². The summed E-state index contributed by atoms with van der Waals surface area (Å²) in [5.74, 6) is 0. The lowest BCUT2D eigenvalue weighted by atomic mass is 9.89. The predicted octanol–water partition coefficient (Wildman–Crippen LogP) is 19.1. The molecule has 0 aliphatic heterocycles. The topological polar surface area (TPSA) is 9.86 Å². The average molecular weight is 909 g/mol. The molecule has 0 atom stereocenters. The summed E-state index contributed by atoms with van der Waals surface area (Å²) >= 11 is 0. The summed E-state index contributed by atoms with van der Waals surface area (Å²) in [5, 5.41) is 15.5. The first-order valence-corrected chi connectivity index (χ1v) is 25.1. The molecule has 0 saturated carbocycles. The van der Waals surface area contributed by atoms with Crippen molar-refractivity contribution in [3.8, 4) is 78.1 Å². The molecular weight excluding hydrogens is 869 g/mol. The van der Waals surface area contributed by atoms with Crippen LogP contribution >= 0.6 is 0 Å². The van der Waals surface area contributed by atoms with Crippen molar-refractivity contribution in [2.75, 3.05) is 0 Å². The van der Waals surface area contributed by atoms with Crippen LogP contribution in [0.15, 0.2) is 243 Å². The van der Waals surface area contributed by atoms with Gasteiger partial charge < -0.3 is 9.13 Å². The lowest BCUT2D eigenvalue weighted by Crippen LogP contribution is -1.97. The fraction of sp³-hybridized carbons (Fsp3) is 0. The van der Waals surface area contributed by atoms with Gasteiger partial charge in [-0.3, -0.25) is 0 Å². The Balaban J connectivity index is 0.879. The maximum absolute atomic E-state index is 2.54. The van der Waals surface area contributed by atoms with E-state index in [2.05, 4.69) is 252 Å². The molecule has 0 amide bonds. The molecule has 0 spiro atoms. The molecule has 0 fully saturated rings. The maximum atomic E-state index is 2.54. The summed E-state index contributed by atoms with van der Waals surface area (Å²) in [7, 11) is 0. The second kappa shape index (κ2) is 14.1. The van der Waals surface area contributed by atoms with Gasteiger partial charge in [0.2, 0.25) is 0 Å². The van der Waals surface area contributed by atoms with Gasteiger partial charge in [-0.25, -0.2) is 0 Å². The van der Waals surface area contributed by atoms with Crippen molar-refractivity contribution in [1.29, 1.82) is 0 Å². The normalized spacial score (nSPS) is 12.4. The first-order valence-electron chi connectivity index (χ1n) is 25.1. The monoisotopic (exact) mass is 908 g/mol. The zero-order valence-corrected chi connectivity index (χ0v) is 39.0. The largest absolute Gasteiger partial charge is 0.309 e. The first-order chi connectivity index (χ1) is 35.7. The molecule has 2 aliphatic carbocycles. The first kappa shape index (κ1) is 38.4. The molecule has 17 rings (SSSR count).